The van der Waals surface area contributed by atoms with E-state index in [1.807, 2.05) is 36.4 Å². The number of thioether (sulfide) groups is 2. The van der Waals surface area contributed by atoms with Crippen molar-refractivity contribution >= 4 is 113 Å². The average Bonchev–Trinajstić information content (AvgIpc) is 3.60. The number of halogens is 2. The van der Waals surface area contributed by atoms with Crippen molar-refractivity contribution in [2.75, 3.05) is 22.1 Å². The second kappa shape index (κ2) is 13.5. The fourth-order valence-corrected chi connectivity index (χ4v) is 7.91. The Kier molecular flexibility index (Phi) is 9.37. The Labute approximate surface area is 273 Å². The Bertz CT molecular complexity index is 1790. The second-order valence-electron chi connectivity index (χ2n) is 9.01. The molecule has 0 atom stereocenters. The van der Waals surface area contributed by atoms with Crippen molar-refractivity contribution in [2.24, 2.45) is 0 Å². The second-order valence-corrected chi connectivity index (χ2v) is 14.4. The first kappa shape index (κ1) is 29.7. The highest BCUT2D eigenvalue weighted by Crippen LogP contribution is 2.32. The fourth-order valence-electron chi connectivity index (χ4n) is 3.88. The van der Waals surface area contributed by atoms with Crippen LogP contribution in [0.3, 0.4) is 0 Å². The standard InChI is InChI=1S/C30H20Cl2N4O3S4/c31-17-1-11-25-23(13-17)35-29(42-25)40-15-27(37)33-19-3-7-21(8-4-19)39-22-9-5-20(6-10-22)34-28(38)16-41-30-36-24-14-18(32)2-12-26(24)43-30/h1-14H,15-16H2,(H,33,37)(H,34,38). The SMILES string of the molecule is O=C(CSc1nc2cc(Cl)ccc2s1)Nc1ccc(Oc2ccc(NC(=O)CSc3nc4cc(Cl)ccc4s3)cc2)cc1. The van der Waals surface area contributed by atoms with E-state index in [0.717, 1.165) is 29.1 Å². The number of nitrogens with one attached hydrogen (secondary N) is 2. The van der Waals surface area contributed by atoms with Gasteiger partial charge in [0.2, 0.25) is 11.8 Å². The lowest BCUT2D eigenvalue weighted by molar-refractivity contribution is -0.114. The van der Waals surface area contributed by atoms with E-state index in [1.165, 1.54) is 46.2 Å². The summed E-state index contributed by atoms with van der Waals surface area (Å²) in [5, 5.41) is 7.06. The number of amides is 2. The number of fused-ring (bicyclic) bond motifs is 2. The van der Waals surface area contributed by atoms with Crippen LogP contribution in [0.2, 0.25) is 10.0 Å². The van der Waals surface area contributed by atoms with Gasteiger partial charge < -0.3 is 15.4 Å². The van der Waals surface area contributed by atoms with Crippen LogP contribution in [-0.4, -0.2) is 33.3 Å². The van der Waals surface area contributed by atoms with Gasteiger partial charge in [-0.3, -0.25) is 9.59 Å². The van der Waals surface area contributed by atoms with Gasteiger partial charge in [-0.2, -0.15) is 0 Å². The molecule has 2 N–H and O–H groups in total. The van der Waals surface area contributed by atoms with Crippen LogP contribution in [0, 0.1) is 0 Å². The van der Waals surface area contributed by atoms with Crippen molar-refractivity contribution in [3.63, 3.8) is 0 Å². The molecule has 0 saturated carbocycles. The van der Waals surface area contributed by atoms with Crippen molar-refractivity contribution in [3.8, 4) is 11.5 Å². The highest BCUT2D eigenvalue weighted by molar-refractivity contribution is 8.02. The van der Waals surface area contributed by atoms with Crippen molar-refractivity contribution in [3.05, 3.63) is 95.0 Å². The predicted molar refractivity (Wildman–Crippen MR) is 181 cm³/mol. The van der Waals surface area contributed by atoms with Gasteiger partial charge in [-0.05, 0) is 84.9 Å². The maximum Gasteiger partial charge on any atom is 0.234 e. The third-order valence-electron chi connectivity index (χ3n) is 5.83. The van der Waals surface area contributed by atoms with E-state index in [-0.39, 0.29) is 23.3 Å². The van der Waals surface area contributed by atoms with Crippen molar-refractivity contribution < 1.29 is 14.3 Å². The number of anilines is 2. The molecule has 2 aromatic heterocycles. The molecule has 7 nitrogen and oxygen atoms in total. The van der Waals surface area contributed by atoms with Gasteiger partial charge in [0.05, 0.1) is 31.9 Å². The average molecular weight is 684 g/mol. The zero-order valence-corrected chi connectivity index (χ0v) is 26.8. The number of aromatic nitrogens is 2. The normalized spacial score (nSPS) is 11.1. The van der Waals surface area contributed by atoms with Gasteiger partial charge in [-0.1, -0.05) is 46.7 Å². The van der Waals surface area contributed by atoms with Crippen LogP contribution in [0.5, 0.6) is 11.5 Å². The summed E-state index contributed by atoms with van der Waals surface area (Å²) in [5.74, 6) is 1.46. The van der Waals surface area contributed by atoms with Crippen LogP contribution in [0.25, 0.3) is 20.4 Å². The minimum atomic E-state index is -0.128. The van der Waals surface area contributed by atoms with Crippen molar-refractivity contribution in [1.82, 2.24) is 9.97 Å². The lowest BCUT2D eigenvalue weighted by atomic mass is 10.3. The van der Waals surface area contributed by atoms with Gasteiger partial charge >= 0.3 is 0 Å². The van der Waals surface area contributed by atoms with Crippen LogP contribution in [-0.2, 0) is 9.59 Å². The number of hydrogen-bond donors (Lipinski definition) is 2. The molecular weight excluding hydrogens is 664 g/mol. The highest BCUT2D eigenvalue weighted by atomic mass is 35.5. The third kappa shape index (κ3) is 7.99. The Morgan fingerprint density at radius 3 is 1.49 bits per heavy atom. The summed E-state index contributed by atoms with van der Waals surface area (Å²) in [6.45, 7) is 0. The molecule has 0 aliphatic rings. The Morgan fingerprint density at radius 1 is 0.651 bits per heavy atom. The van der Waals surface area contributed by atoms with E-state index in [4.69, 9.17) is 27.9 Å². The Hall–Kier alpha value is -3.32. The van der Waals surface area contributed by atoms with Gasteiger partial charge in [0.1, 0.15) is 11.5 Å². The fraction of sp³-hybridized carbons (Fsp3) is 0.0667. The molecule has 0 radical (unpaired) electrons. The predicted octanol–water partition coefficient (Wildman–Crippen LogP) is 9.47. The molecule has 4 aromatic carbocycles. The summed E-state index contributed by atoms with van der Waals surface area (Å²) in [5.41, 5.74) is 3.00. The molecule has 0 aliphatic carbocycles. The molecule has 216 valence electrons. The lowest BCUT2D eigenvalue weighted by Gasteiger charge is -2.09. The number of nitrogens with zero attached hydrogens (tertiary/aromatic N) is 2. The van der Waals surface area contributed by atoms with Gasteiger partial charge in [-0.15, -0.1) is 22.7 Å². The molecular formula is C30H20Cl2N4O3S4. The molecule has 13 heteroatoms. The maximum atomic E-state index is 12.5. The number of carbonyl (C=O) groups is 2. The first-order valence-electron chi connectivity index (χ1n) is 12.7. The largest absolute Gasteiger partial charge is 0.457 e. The molecule has 2 amide bonds. The van der Waals surface area contributed by atoms with Crippen LogP contribution >= 0.6 is 69.4 Å². The minimum absolute atomic E-state index is 0.128. The minimum Gasteiger partial charge on any atom is -0.457 e. The monoisotopic (exact) mass is 682 g/mol. The lowest BCUT2D eigenvalue weighted by Crippen LogP contribution is -2.13. The van der Waals surface area contributed by atoms with Gasteiger partial charge in [0, 0.05) is 21.4 Å². The van der Waals surface area contributed by atoms with E-state index >= 15 is 0 Å². The van der Waals surface area contributed by atoms with Crippen molar-refractivity contribution in [2.45, 2.75) is 8.68 Å². The van der Waals surface area contributed by atoms with Crippen LogP contribution < -0.4 is 15.4 Å². The quantitative estimate of drug-likeness (QED) is 0.139. The Balaban J connectivity index is 0.948. The molecule has 2 heterocycles. The molecule has 6 rings (SSSR count). The third-order valence-corrected chi connectivity index (χ3v) is 10.7. The van der Waals surface area contributed by atoms with Gasteiger partial charge in [0.25, 0.3) is 0 Å². The van der Waals surface area contributed by atoms with E-state index in [2.05, 4.69) is 20.6 Å². The van der Waals surface area contributed by atoms with Crippen LogP contribution in [0.4, 0.5) is 11.4 Å². The maximum absolute atomic E-state index is 12.5. The smallest absolute Gasteiger partial charge is 0.234 e. The summed E-state index contributed by atoms with van der Waals surface area (Å²) in [6.07, 6.45) is 0. The first-order chi connectivity index (χ1) is 20.9. The number of rotatable bonds is 10. The van der Waals surface area contributed by atoms with Crippen LogP contribution in [0.15, 0.2) is 93.6 Å². The van der Waals surface area contributed by atoms with Gasteiger partial charge in [0.15, 0.2) is 8.68 Å². The molecule has 0 unspecified atom stereocenters. The molecule has 0 fully saturated rings. The zero-order chi connectivity index (χ0) is 29.8. The number of ether oxygens (including phenoxy) is 1. The summed E-state index contributed by atoms with van der Waals surface area (Å²) < 4.78 is 9.61. The molecule has 0 aliphatic heterocycles. The molecule has 6 aromatic rings. The molecule has 43 heavy (non-hydrogen) atoms. The molecule has 0 bridgehead atoms. The van der Waals surface area contributed by atoms with E-state index in [0.29, 0.717) is 32.9 Å². The highest BCUT2D eigenvalue weighted by Gasteiger charge is 2.11. The molecule has 0 saturated heterocycles. The summed E-state index contributed by atoms with van der Waals surface area (Å²) >= 11 is 17.9. The first-order valence-corrected chi connectivity index (χ1v) is 17.1. The summed E-state index contributed by atoms with van der Waals surface area (Å²) in [6, 6.07) is 25.4. The zero-order valence-electron chi connectivity index (χ0n) is 22.0. The number of thiazole rings is 2. The van der Waals surface area contributed by atoms with Crippen molar-refractivity contribution in [1.29, 1.82) is 0 Å². The van der Waals surface area contributed by atoms with Crippen LogP contribution in [0.1, 0.15) is 0 Å². The summed E-state index contributed by atoms with van der Waals surface area (Å²) in [4.78, 5) is 34.0. The van der Waals surface area contributed by atoms with E-state index in [9.17, 15) is 9.59 Å². The summed E-state index contributed by atoms with van der Waals surface area (Å²) in [7, 11) is 0. The number of carbonyl (C=O) groups excluding carboxylic acids is 2. The van der Waals surface area contributed by atoms with E-state index < -0.39 is 0 Å². The van der Waals surface area contributed by atoms with E-state index in [1.54, 1.807) is 48.5 Å². The number of benzene rings is 4. The topological polar surface area (TPSA) is 93.2 Å². The van der Waals surface area contributed by atoms with Gasteiger partial charge in [-0.25, -0.2) is 9.97 Å². The molecule has 0 spiro atoms. The number of hydrogen-bond acceptors (Lipinski definition) is 9. The Morgan fingerprint density at radius 2 is 1.07 bits per heavy atom.